The molecule has 0 saturated carbocycles. The summed E-state index contributed by atoms with van der Waals surface area (Å²) in [5.74, 6) is 1.09. The molecular weight excluding hydrogens is 252 g/mol. The molecule has 2 saturated heterocycles. The van der Waals surface area contributed by atoms with Crippen molar-refractivity contribution in [2.75, 3.05) is 44.2 Å². The molecule has 2 fully saturated rings. The van der Waals surface area contributed by atoms with E-state index in [0.717, 1.165) is 51.4 Å². The Hall–Kier alpha value is -1.17. The van der Waals surface area contributed by atoms with Crippen LogP contribution in [0.25, 0.3) is 0 Å². The molecule has 2 aliphatic heterocycles. The third-order valence-corrected chi connectivity index (χ3v) is 4.27. The maximum absolute atomic E-state index is 5.93. The number of piperazine rings is 1. The molecule has 0 bridgehead atoms. The zero-order chi connectivity index (χ0) is 13.8. The van der Waals surface area contributed by atoms with Crippen molar-refractivity contribution in [2.45, 2.75) is 25.0 Å². The summed E-state index contributed by atoms with van der Waals surface area (Å²) in [6, 6.07) is 6.10. The molecule has 0 aliphatic carbocycles. The number of hydrogen-bond acceptors (Lipinski definition) is 5. The van der Waals surface area contributed by atoms with Crippen LogP contribution in [0.15, 0.2) is 24.4 Å². The van der Waals surface area contributed by atoms with Crippen LogP contribution >= 0.6 is 0 Å². The lowest BCUT2D eigenvalue weighted by Gasteiger charge is -2.36. The molecule has 2 N–H and O–H groups in total. The molecule has 20 heavy (non-hydrogen) atoms. The van der Waals surface area contributed by atoms with Crippen LogP contribution in [0.1, 0.15) is 12.8 Å². The largest absolute Gasteiger partial charge is 0.372 e. The number of rotatable bonds is 4. The quantitative estimate of drug-likeness (QED) is 0.878. The second-order valence-corrected chi connectivity index (χ2v) is 5.67. The molecule has 3 rings (SSSR count). The van der Waals surface area contributed by atoms with E-state index in [1.807, 2.05) is 18.3 Å². The monoisotopic (exact) mass is 276 g/mol. The first kappa shape index (κ1) is 13.8. The van der Waals surface area contributed by atoms with Gasteiger partial charge >= 0.3 is 0 Å². The van der Waals surface area contributed by atoms with E-state index in [0.29, 0.717) is 12.6 Å². The second kappa shape index (κ2) is 6.52. The Morgan fingerprint density at radius 1 is 1.15 bits per heavy atom. The van der Waals surface area contributed by atoms with Gasteiger partial charge in [-0.05, 0) is 25.0 Å². The lowest BCUT2D eigenvalue weighted by molar-refractivity contribution is 0.0260. The minimum absolute atomic E-state index is 0.287. The molecule has 2 atom stereocenters. The topological polar surface area (TPSA) is 54.6 Å². The lowest BCUT2D eigenvalue weighted by Crippen LogP contribution is -2.48. The first-order valence-electron chi connectivity index (χ1n) is 7.59. The summed E-state index contributed by atoms with van der Waals surface area (Å²) in [6.07, 6.45) is 4.80. The van der Waals surface area contributed by atoms with Crippen molar-refractivity contribution in [1.82, 2.24) is 9.88 Å². The van der Waals surface area contributed by atoms with E-state index in [4.69, 9.17) is 10.5 Å². The molecule has 110 valence electrons. The summed E-state index contributed by atoms with van der Waals surface area (Å²) in [7, 11) is 0. The number of anilines is 1. The van der Waals surface area contributed by atoms with Gasteiger partial charge < -0.3 is 15.4 Å². The highest BCUT2D eigenvalue weighted by Gasteiger charge is 2.27. The second-order valence-electron chi connectivity index (χ2n) is 5.67. The number of hydrogen-bond donors (Lipinski definition) is 1. The van der Waals surface area contributed by atoms with Gasteiger partial charge in [0.15, 0.2) is 0 Å². The van der Waals surface area contributed by atoms with Gasteiger partial charge in [-0.25, -0.2) is 4.98 Å². The van der Waals surface area contributed by atoms with Gasteiger partial charge in [-0.3, -0.25) is 4.90 Å². The van der Waals surface area contributed by atoms with Gasteiger partial charge in [-0.15, -0.1) is 0 Å². The van der Waals surface area contributed by atoms with Gasteiger partial charge in [0.05, 0.1) is 12.2 Å². The normalized spacial score (nSPS) is 27.9. The molecular formula is C15H24N4O. The molecule has 0 amide bonds. The van der Waals surface area contributed by atoms with Crippen LogP contribution < -0.4 is 10.6 Å². The average Bonchev–Trinajstić information content (AvgIpc) is 2.97. The minimum atomic E-state index is 0.287. The van der Waals surface area contributed by atoms with Crippen LogP contribution in [0.3, 0.4) is 0 Å². The molecule has 3 heterocycles. The van der Waals surface area contributed by atoms with Crippen molar-refractivity contribution < 1.29 is 4.74 Å². The number of ether oxygens (including phenoxy) is 1. The summed E-state index contributed by atoms with van der Waals surface area (Å²) in [4.78, 5) is 9.28. The third-order valence-electron chi connectivity index (χ3n) is 4.27. The van der Waals surface area contributed by atoms with E-state index in [-0.39, 0.29) is 6.10 Å². The van der Waals surface area contributed by atoms with Crippen LogP contribution in [0.5, 0.6) is 0 Å². The molecule has 0 spiro atoms. The smallest absolute Gasteiger partial charge is 0.128 e. The molecule has 0 radical (unpaired) electrons. The fraction of sp³-hybridized carbons (Fsp3) is 0.667. The van der Waals surface area contributed by atoms with Crippen LogP contribution in [0.2, 0.25) is 0 Å². The number of pyridine rings is 1. The van der Waals surface area contributed by atoms with Crippen molar-refractivity contribution in [2.24, 2.45) is 5.73 Å². The molecule has 1 aromatic heterocycles. The van der Waals surface area contributed by atoms with Gasteiger partial charge in [0.2, 0.25) is 0 Å². The van der Waals surface area contributed by atoms with E-state index < -0.39 is 0 Å². The summed E-state index contributed by atoms with van der Waals surface area (Å²) < 4.78 is 5.93. The van der Waals surface area contributed by atoms with Gasteiger partial charge in [0.1, 0.15) is 5.82 Å². The summed E-state index contributed by atoms with van der Waals surface area (Å²) in [6.45, 7) is 5.97. The Labute approximate surface area is 120 Å². The van der Waals surface area contributed by atoms with E-state index in [1.54, 1.807) is 0 Å². The molecule has 2 unspecified atom stereocenters. The van der Waals surface area contributed by atoms with Crippen molar-refractivity contribution in [1.29, 1.82) is 0 Å². The van der Waals surface area contributed by atoms with Crippen molar-refractivity contribution in [3.8, 4) is 0 Å². The van der Waals surface area contributed by atoms with Gasteiger partial charge in [0, 0.05) is 45.5 Å². The highest BCUT2D eigenvalue weighted by molar-refractivity contribution is 5.38. The number of nitrogens with zero attached hydrogens (tertiary/aromatic N) is 3. The van der Waals surface area contributed by atoms with E-state index in [9.17, 15) is 0 Å². The SMILES string of the molecule is NCC1CCC(CN2CCN(c3ccccn3)CC2)O1. The van der Waals surface area contributed by atoms with Crippen LogP contribution in [0, 0.1) is 0 Å². The lowest BCUT2D eigenvalue weighted by atomic mass is 10.2. The highest BCUT2D eigenvalue weighted by atomic mass is 16.5. The first-order chi connectivity index (χ1) is 9.85. The Morgan fingerprint density at radius 3 is 2.60 bits per heavy atom. The Kier molecular flexibility index (Phi) is 4.50. The summed E-state index contributed by atoms with van der Waals surface area (Å²) in [5, 5.41) is 0. The molecule has 5 nitrogen and oxygen atoms in total. The van der Waals surface area contributed by atoms with Gasteiger partial charge in [0.25, 0.3) is 0 Å². The zero-order valence-electron chi connectivity index (χ0n) is 11.9. The molecule has 2 aliphatic rings. The van der Waals surface area contributed by atoms with Crippen LogP contribution in [-0.4, -0.2) is 61.4 Å². The minimum Gasteiger partial charge on any atom is -0.372 e. The zero-order valence-corrected chi connectivity index (χ0v) is 11.9. The van der Waals surface area contributed by atoms with Crippen LogP contribution in [0.4, 0.5) is 5.82 Å². The van der Waals surface area contributed by atoms with E-state index in [2.05, 4.69) is 20.9 Å². The maximum Gasteiger partial charge on any atom is 0.128 e. The number of aromatic nitrogens is 1. The standard InChI is InChI=1S/C15H24N4O/c16-11-13-4-5-14(20-13)12-18-7-9-19(10-8-18)15-3-1-2-6-17-15/h1-3,6,13-14H,4-5,7-12,16H2. The number of nitrogens with two attached hydrogens (primary N) is 1. The van der Waals surface area contributed by atoms with E-state index >= 15 is 0 Å². The highest BCUT2D eigenvalue weighted by Crippen LogP contribution is 2.20. The Bertz CT molecular complexity index is 406. The van der Waals surface area contributed by atoms with Crippen molar-refractivity contribution in [3.63, 3.8) is 0 Å². The summed E-state index contributed by atoms with van der Waals surface area (Å²) in [5.41, 5.74) is 5.66. The fourth-order valence-electron chi connectivity index (χ4n) is 3.08. The first-order valence-corrected chi connectivity index (χ1v) is 7.59. The summed E-state index contributed by atoms with van der Waals surface area (Å²) >= 11 is 0. The predicted molar refractivity (Wildman–Crippen MR) is 79.8 cm³/mol. The Morgan fingerprint density at radius 2 is 1.95 bits per heavy atom. The van der Waals surface area contributed by atoms with Gasteiger partial charge in [-0.1, -0.05) is 6.07 Å². The fourth-order valence-corrected chi connectivity index (χ4v) is 3.08. The maximum atomic E-state index is 5.93. The van der Waals surface area contributed by atoms with E-state index in [1.165, 1.54) is 0 Å². The average molecular weight is 276 g/mol. The van der Waals surface area contributed by atoms with Crippen LogP contribution in [-0.2, 0) is 4.74 Å². The van der Waals surface area contributed by atoms with Gasteiger partial charge in [-0.2, -0.15) is 0 Å². The molecule has 5 heteroatoms. The molecule has 1 aromatic rings. The van der Waals surface area contributed by atoms with Crippen molar-refractivity contribution >= 4 is 5.82 Å². The third kappa shape index (κ3) is 3.29. The van der Waals surface area contributed by atoms with Crippen molar-refractivity contribution in [3.05, 3.63) is 24.4 Å². The Balaban J connectivity index is 1.45. The predicted octanol–water partition coefficient (Wildman–Crippen LogP) is 0.710. The molecule has 0 aromatic carbocycles.